The summed E-state index contributed by atoms with van der Waals surface area (Å²) in [6.45, 7) is 0.900. The van der Waals surface area contributed by atoms with Crippen molar-refractivity contribution in [1.29, 1.82) is 0 Å². The molecule has 7 heteroatoms. The minimum absolute atomic E-state index is 0.0177. The van der Waals surface area contributed by atoms with Gasteiger partial charge in [0.1, 0.15) is 5.82 Å². The van der Waals surface area contributed by atoms with Gasteiger partial charge in [-0.2, -0.15) is 4.31 Å². The highest BCUT2D eigenvalue weighted by molar-refractivity contribution is 7.89. The second-order valence-corrected chi connectivity index (χ2v) is 6.66. The van der Waals surface area contributed by atoms with Gasteiger partial charge in [-0.05, 0) is 24.1 Å². The predicted octanol–water partition coefficient (Wildman–Crippen LogP) is 1.97. The van der Waals surface area contributed by atoms with Gasteiger partial charge in [-0.1, -0.05) is 6.07 Å². The first kappa shape index (κ1) is 14.7. The third-order valence-corrected chi connectivity index (χ3v) is 5.53. The number of nitrogens with zero attached hydrogens (tertiary/aromatic N) is 1. The Hall–Kier alpha value is -0.690. The first-order valence-electron chi connectivity index (χ1n) is 5.87. The van der Waals surface area contributed by atoms with Crippen LogP contribution in [-0.2, 0) is 20.6 Å². The highest BCUT2D eigenvalue weighted by Gasteiger charge is 2.32. The molecule has 0 radical (unpaired) electrons. The fourth-order valence-electron chi connectivity index (χ4n) is 2.04. The third-order valence-electron chi connectivity index (χ3n) is 3.25. The van der Waals surface area contributed by atoms with Crippen LogP contribution in [0.25, 0.3) is 0 Å². The van der Waals surface area contributed by atoms with Crippen molar-refractivity contribution >= 4 is 21.6 Å². The van der Waals surface area contributed by atoms with Crippen LogP contribution in [0.4, 0.5) is 4.39 Å². The molecule has 1 aromatic carbocycles. The maximum atomic E-state index is 13.3. The quantitative estimate of drug-likeness (QED) is 0.799. The van der Waals surface area contributed by atoms with Crippen molar-refractivity contribution in [2.75, 3.05) is 20.3 Å². The van der Waals surface area contributed by atoms with Crippen molar-refractivity contribution in [2.45, 2.75) is 23.2 Å². The van der Waals surface area contributed by atoms with E-state index in [0.29, 0.717) is 25.2 Å². The van der Waals surface area contributed by atoms with Crippen molar-refractivity contribution in [2.24, 2.45) is 0 Å². The van der Waals surface area contributed by atoms with Crippen LogP contribution in [0.1, 0.15) is 12.0 Å². The molecule has 106 valence electrons. The summed E-state index contributed by atoms with van der Waals surface area (Å²) in [6.07, 6.45) is 0.640. The molecule has 0 bridgehead atoms. The lowest BCUT2D eigenvalue weighted by molar-refractivity contribution is 0.181. The van der Waals surface area contributed by atoms with Crippen LogP contribution in [0.3, 0.4) is 0 Å². The summed E-state index contributed by atoms with van der Waals surface area (Å²) in [5.41, 5.74) is 0.397. The molecule has 0 N–H and O–H groups in total. The molecular formula is C12H15ClFNO3S. The summed E-state index contributed by atoms with van der Waals surface area (Å²) in [6, 6.07) is 3.40. The minimum atomic E-state index is -3.76. The highest BCUT2D eigenvalue weighted by Crippen LogP contribution is 2.25. The fourth-order valence-corrected chi connectivity index (χ4v) is 3.95. The Morgan fingerprint density at radius 2 is 2.26 bits per heavy atom. The van der Waals surface area contributed by atoms with Crippen molar-refractivity contribution in [3.63, 3.8) is 0 Å². The molecule has 0 aromatic heterocycles. The van der Waals surface area contributed by atoms with Crippen molar-refractivity contribution in [3.05, 3.63) is 29.6 Å². The molecule has 1 aromatic rings. The van der Waals surface area contributed by atoms with E-state index in [1.807, 2.05) is 0 Å². The molecule has 4 nitrogen and oxygen atoms in total. The SMILES string of the molecule is CN(C1CCOC1)S(=O)(=O)c1cc(F)ccc1CCl. The van der Waals surface area contributed by atoms with Crippen LogP contribution < -0.4 is 0 Å². The van der Waals surface area contributed by atoms with Gasteiger partial charge < -0.3 is 4.74 Å². The molecule has 1 heterocycles. The third kappa shape index (κ3) is 2.91. The summed E-state index contributed by atoms with van der Waals surface area (Å²) in [7, 11) is -2.28. The smallest absolute Gasteiger partial charge is 0.243 e. The first-order chi connectivity index (χ1) is 8.96. The zero-order valence-corrected chi connectivity index (χ0v) is 12.0. The average molecular weight is 308 g/mol. The van der Waals surface area contributed by atoms with Crippen LogP contribution in [0.15, 0.2) is 23.1 Å². The summed E-state index contributed by atoms with van der Waals surface area (Å²) in [5.74, 6) is -0.576. The number of rotatable bonds is 4. The molecule has 2 rings (SSSR count). The van der Waals surface area contributed by atoms with Crippen molar-refractivity contribution in [3.8, 4) is 0 Å². The maximum Gasteiger partial charge on any atom is 0.243 e. The molecule has 1 unspecified atom stereocenters. The lowest BCUT2D eigenvalue weighted by atomic mass is 10.2. The van der Waals surface area contributed by atoms with Crippen LogP contribution in [0.5, 0.6) is 0 Å². The normalized spacial score (nSPS) is 20.1. The van der Waals surface area contributed by atoms with E-state index in [1.165, 1.54) is 23.5 Å². The van der Waals surface area contributed by atoms with E-state index in [4.69, 9.17) is 16.3 Å². The Balaban J connectivity index is 2.40. The Labute approximate surface area is 117 Å². The second-order valence-electron chi connectivity index (χ2n) is 4.42. The Morgan fingerprint density at radius 3 is 2.84 bits per heavy atom. The number of halogens is 2. The number of sulfonamides is 1. The molecule has 0 spiro atoms. The topological polar surface area (TPSA) is 46.6 Å². The molecule has 0 saturated carbocycles. The minimum Gasteiger partial charge on any atom is -0.380 e. The standard InChI is InChI=1S/C12H15ClFNO3S/c1-15(11-4-5-18-8-11)19(16,17)12-6-10(14)3-2-9(12)7-13/h2-3,6,11H,4-5,7-8H2,1H3. The summed E-state index contributed by atoms with van der Waals surface area (Å²) >= 11 is 5.72. The zero-order chi connectivity index (χ0) is 14.0. The Bertz CT molecular complexity index is 558. The van der Waals surface area contributed by atoms with Crippen LogP contribution >= 0.6 is 11.6 Å². The van der Waals surface area contributed by atoms with Gasteiger partial charge in [0.15, 0.2) is 0 Å². The summed E-state index contributed by atoms with van der Waals surface area (Å²) in [4.78, 5) is -0.0723. The van der Waals surface area contributed by atoms with Gasteiger partial charge in [-0.15, -0.1) is 11.6 Å². The van der Waals surface area contributed by atoms with E-state index in [0.717, 1.165) is 6.07 Å². The largest absolute Gasteiger partial charge is 0.380 e. The van der Waals surface area contributed by atoms with E-state index in [-0.39, 0.29) is 16.8 Å². The Morgan fingerprint density at radius 1 is 1.53 bits per heavy atom. The fraction of sp³-hybridized carbons (Fsp3) is 0.500. The number of alkyl halides is 1. The van der Waals surface area contributed by atoms with E-state index < -0.39 is 15.8 Å². The second kappa shape index (κ2) is 5.75. The number of hydrogen-bond donors (Lipinski definition) is 0. The van der Waals surface area contributed by atoms with E-state index >= 15 is 0 Å². The van der Waals surface area contributed by atoms with E-state index in [2.05, 4.69) is 0 Å². The van der Waals surface area contributed by atoms with Gasteiger partial charge in [-0.3, -0.25) is 0 Å². The predicted molar refractivity (Wildman–Crippen MR) is 70.1 cm³/mol. The van der Waals surface area contributed by atoms with Crippen molar-refractivity contribution in [1.82, 2.24) is 4.31 Å². The molecule has 1 atom stereocenters. The molecule has 1 aliphatic heterocycles. The molecule has 1 fully saturated rings. The first-order valence-corrected chi connectivity index (χ1v) is 7.84. The van der Waals surface area contributed by atoms with Crippen LogP contribution in [0, 0.1) is 5.82 Å². The number of benzene rings is 1. The molecule has 1 saturated heterocycles. The molecule has 0 amide bonds. The van der Waals surface area contributed by atoms with E-state index in [1.54, 1.807) is 0 Å². The number of hydrogen-bond acceptors (Lipinski definition) is 3. The van der Waals surface area contributed by atoms with Gasteiger partial charge in [0.25, 0.3) is 0 Å². The molecule has 0 aliphatic carbocycles. The monoisotopic (exact) mass is 307 g/mol. The molecule has 19 heavy (non-hydrogen) atoms. The summed E-state index contributed by atoms with van der Waals surface area (Å²) in [5, 5.41) is 0. The van der Waals surface area contributed by atoms with Crippen LogP contribution in [0.2, 0.25) is 0 Å². The lowest BCUT2D eigenvalue weighted by Gasteiger charge is -2.23. The zero-order valence-electron chi connectivity index (χ0n) is 10.5. The average Bonchev–Trinajstić information content (AvgIpc) is 2.91. The summed E-state index contributed by atoms with van der Waals surface area (Å²) < 4.78 is 44.7. The van der Waals surface area contributed by atoms with Gasteiger partial charge in [0.05, 0.1) is 17.5 Å². The molecule has 1 aliphatic rings. The Kier molecular flexibility index (Phi) is 4.45. The maximum absolute atomic E-state index is 13.3. The number of likely N-dealkylation sites (N-methyl/N-ethyl adjacent to an activating group) is 1. The number of ether oxygens (including phenoxy) is 1. The van der Waals surface area contributed by atoms with Gasteiger partial charge >= 0.3 is 0 Å². The van der Waals surface area contributed by atoms with Gasteiger partial charge in [-0.25, -0.2) is 12.8 Å². The van der Waals surface area contributed by atoms with Gasteiger partial charge in [0, 0.05) is 19.5 Å². The van der Waals surface area contributed by atoms with Crippen LogP contribution in [-0.4, -0.2) is 39.0 Å². The van der Waals surface area contributed by atoms with Gasteiger partial charge in [0.2, 0.25) is 10.0 Å². The van der Waals surface area contributed by atoms with Crippen molar-refractivity contribution < 1.29 is 17.5 Å². The van der Waals surface area contributed by atoms with E-state index in [9.17, 15) is 12.8 Å². The molecular weight excluding hydrogens is 293 g/mol. The highest BCUT2D eigenvalue weighted by atomic mass is 35.5. The lowest BCUT2D eigenvalue weighted by Crippen LogP contribution is -2.37.